The van der Waals surface area contributed by atoms with Gasteiger partial charge in [0, 0.05) is 40.7 Å². The maximum atomic E-state index is 14.3. The summed E-state index contributed by atoms with van der Waals surface area (Å²) < 4.78 is 74.5. The summed E-state index contributed by atoms with van der Waals surface area (Å²) in [5.74, 6) is -8.84. The number of hydrogen-bond donors (Lipinski definition) is 1. The number of ether oxygens (including phenoxy) is 1. The lowest BCUT2D eigenvalue weighted by atomic mass is 10.1. The molecule has 2 unspecified atom stereocenters. The van der Waals surface area contributed by atoms with Crippen LogP contribution in [0.15, 0.2) is 48.5 Å². The van der Waals surface area contributed by atoms with Crippen LogP contribution in [0.1, 0.15) is 42.0 Å². The van der Waals surface area contributed by atoms with E-state index >= 15 is 0 Å². The molecule has 1 N–H and O–H groups in total. The van der Waals surface area contributed by atoms with Gasteiger partial charge < -0.3 is 10.1 Å². The number of para-hydroxylation sites is 1. The highest BCUT2D eigenvalue weighted by Gasteiger charge is 2.37. The number of methoxy groups -OCH3 is 1. The first-order chi connectivity index (χ1) is 19.7. The highest BCUT2D eigenvalue weighted by atomic mass is 35.5. The number of carbonyl (C=O) groups excluding carboxylic acids is 1. The van der Waals surface area contributed by atoms with Crippen LogP contribution in [0.2, 0.25) is 5.02 Å². The first-order valence-corrected chi connectivity index (χ1v) is 15.3. The lowest BCUT2D eigenvalue weighted by Gasteiger charge is -2.27. The van der Waals surface area contributed by atoms with Crippen molar-refractivity contribution in [2.24, 2.45) is 0 Å². The zero-order chi connectivity index (χ0) is 29.5. The Morgan fingerprint density at radius 2 is 1.73 bits per heavy atom. The van der Waals surface area contributed by atoms with Crippen LogP contribution >= 0.6 is 35.1 Å². The van der Waals surface area contributed by atoms with Crippen molar-refractivity contribution in [2.75, 3.05) is 19.5 Å². The molecule has 3 aromatic rings. The van der Waals surface area contributed by atoms with E-state index in [1.165, 1.54) is 11.8 Å². The van der Waals surface area contributed by atoms with Gasteiger partial charge in [-0.2, -0.15) is 0 Å². The fourth-order valence-corrected chi connectivity index (χ4v) is 7.79. The normalized spacial score (nSPS) is 17.1. The van der Waals surface area contributed by atoms with Crippen LogP contribution in [0.5, 0.6) is 5.75 Å². The Bertz CT molecular complexity index is 1350. The summed E-state index contributed by atoms with van der Waals surface area (Å²) in [6.45, 7) is 1.01. The second kappa shape index (κ2) is 14.6. The van der Waals surface area contributed by atoms with Gasteiger partial charge in [0.1, 0.15) is 5.75 Å². The molecule has 12 heteroatoms. The van der Waals surface area contributed by atoms with E-state index in [0.29, 0.717) is 49.0 Å². The van der Waals surface area contributed by atoms with E-state index in [-0.39, 0.29) is 22.3 Å². The number of unbranched alkanes of at least 4 members (excludes halogenated alkanes) is 1. The summed E-state index contributed by atoms with van der Waals surface area (Å²) in [6, 6.07) is 14.5. The van der Waals surface area contributed by atoms with Crippen molar-refractivity contribution in [3.8, 4) is 5.75 Å². The summed E-state index contributed by atoms with van der Waals surface area (Å²) >= 11 is 8.88. The molecule has 4 rings (SSSR count). The van der Waals surface area contributed by atoms with Gasteiger partial charge in [-0.05, 0) is 43.1 Å². The highest BCUT2D eigenvalue weighted by molar-refractivity contribution is 8.16. The SMILES string of the molecule is COc1ccccc1CNC(=O)CCCCN1CSC(SCc2c(F)c(F)c(F)c(F)c2F)C1c1cccc(Cl)c1. The minimum atomic E-state index is -2.17. The number of benzene rings is 3. The fourth-order valence-electron chi connectivity index (χ4n) is 4.59. The second-order valence-electron chi connectivity index (χ2n) is 9.38. The van der Waals surface area contributed by atoms with Crippen LogP contribution in [0.4, 0.5) is 22.0 Å². The van der Waals surface area contributed by atoms with Crippen molar-refractivity contribution in [3.63, 3.8) is 0 Å². The van der Waals surface area contributed by atoms with Crippen LogP contribution in [0.25, 0.3) is 0 Å². The number of rotatable bonds is 12. The highest BCUT2D eigenvalue weighted by Crippen LogP contribution is 2.47. The van der Waals surface area contributed by atoms with E-state index in [1.54, 1.807) is 19.2 Å². The molecule has 2 atom stereocenters. The summed E-state index contributed by atoms with van der Waals surface area (Å²) in [5, 5.41) is 3.43. The van der Waals surface area contributed by atoms with Crippen molar-refractivity contribution in [2.45, 2.75) is 42.2 Å². The minimum absolute atomic E-state index is 0.0747. The Morgan fingerprint density at radius 1 is 1.02 bits per heavy atom. The van der Waals surface area contributed by atoms with Gasteiger partial charge in [0.05, 0.1) is 17.7 Å². The Morgan fingerprint density at radius 3 is 2.44 bits per heavy atom. The Kier molecular flexibility index (Phi) is 11.2. The van der Waals surface area contributed by atoms with Crippen LogP contribution < -0.4 is 10.1 Å². The zero-order valence-corrected chi connectivity index (χ0v) is 24.5. The van der Waals surface area contributed by atoms with Gasteiger partial charge in [-0.15, -0.1) is 23.5 Å². The molecule has 0 spiro atoms. The van der Waals surface area contributed by atoms with Crippen LogP contribution in [0.3, 0.4) is 0 Å². The summed E-state index contributed by atoms with van der Waals surface area (Å²) in [6.07, 6.45) is 1.70. The van der Waals surface area contributed by atoms with Gasteiger partial charge in [0.2, 0.25) is 11.7 Å². The van der Waals surface area contributed by atoms with Crippen molar-refractivity contribution < 1.29 is 31.5 Å². The largest absolute Gasteiger partial charge is 0.496 e. The number of hydrogen-bond acceptors (Lipinski definition) is 5. The minimum Gasteiger partial charge on any atom is -0.496 e. The molecule has 220 valence electrons. The van der Waals surface area contributed by atoms with Gasteiger partial charge in [-0.1, -0.05) is 41.9 Å². The number of thioether (sulfide) groups is 2. The molecule has 0 saturated carbocycles. The molecule has 1 amide bonds. The monoisotopic (exact) mass is 630 g/mol. The first-order valence-electron chi connectivity index (χ1n) is 12.8. The zero-order valence-electron chi connectivity index (χ0n) is 22.1. The molecule has 1 aliphatic heterocycles. The molecule has 1 heterocycles. The predicted molar refractivity (Wildman–Crippen MR) is 153 cm³/mol. The van der Waals surface area contributed by atoms with Crippen molar-refractivity contribution in [1.82, 2.24) is 10.2 Å². The smallest absolute Gasteiger partial charge is 0.220 e. The standard InChI is InChI=1S/C29H28ClF5N2O2S2/c1-39-21-10-3-2-7-18(21)14-36-22(38)11-4-5-12-37-16-41-29(28(37)17-8-6-9-19(30)13-17)40-15-20-23(31)25(33)27(35)26(34)24(20)32/h2-3,6-10,13,28-29H,4-5,11-12,14-16H2,1H3,(H,36,38). The average molecular weight is 631 g/mol. The molecule has 1 fully saturated rings. The van der Waals surface area contributed by atoms with Crippen molar-refractivity contribution >= 4 is 41.0 Å². The number of carbonyl (C=O) groups is 1. The fraction of sp³-hybridized carbons (Fsp3) is 0.345. The summed E-state index contributed by atoms with van der Waals surface area (Å²) in [4.78, 5) is 14.6. The molecule has 0 bridgehead atoms. The number of amides is 1. The number of nitrogens with one attached hydrogen (secondary N) is 1. The molecule has 4 nitrogen and oxygen atoms in total. The van der Waals surface area contributed by atoms with Gasteiger partial charge >= 0.3 is 0 Å². The Balaban J connectivity index is 1.36. The third kappa shape index (κ3) is 7.68. The Hall–Kier alpha value is -2.47. The topological polar surface area (TPSA) is 41.6 Å². The summed E-state index contributed by atoms with van der Waals surface area (Å²) in [5.41, 5.74) is 0.928. The third-order valence-corrected chi connectivity index (χ3v) is 9.87. The lowest BCUT2D eigenvalue weighted by molar-refractivity contribution is -0.121. The van der Waals surface area contributed by atoms with Crippen LogP contribution in [0, 0.1) is 29.1 Å². The molecule has 1 saturated heterocycles. The maximum Gasteiger partial charge on any atom is 0.220 e. The predicted octanol–water partition coefficient (Wildman–Crippen LogP) is 7.84. The Labute approximate surface area is 249 Å². The lowest BCUT2D eigenvalue weighted by Crippen LogP contribution is -2.28. The van der Waals surface area contributed by atoms with Crippen molar-refractivity contribution in [1.29, 1.82) is 0 Å². The molecule has 0 aromatic heterocycles. The van der Waals surface area contributed by atoms with E-state index in [9.17, 15) is 26.7 Å². The van der Waals surface area contributed by atoms with E-state index < -0.39 is 34.6 Å². The molecule has 3 aromatic carbocycles. The molecular formula is C29H28ClF5N2O2S2. The van der Waals surface area contributed by atoms with Gasteiger partial charge in [-0.3, -0.25) is 9.69 Å². The quantitative estimate of drug-likeness (QED) is 0.0956. The van der Waals surface area contributed by atoms with Crippen molar-refractivity contribution in [3.05, 3.63) is 99.3 Å². The van der Waals surface area contributed by atoms with Crippen LogP contribution in [-0.2, 0) is 17.1 Å². The first kappa shape index (κ1) is 31.5. The molecule has 0 radical (unpaired) electrons. The number of halogens is 6. The molecule has 1 aliphatic rings. The van der Waals surface area contributed by atoms with E-state index in [1.807, 2.05) is 36.4 Å². The molecule has 0 aliphatic carbocycles. The van der Waals surface area contributed by atoms with E-state index in [0.717, 1.165) is 22.9 Å². The van der Waals surface area contributed by atoms with E-state index in [2.05, 4.69) is 10.2 Å². The van der Waals surface area contributed by atoms with Gasteiger partial charge in [0.25, 0.3) is 0 Å². The average Bonchev–Trinajstić information content (AvgIpc) is 3.38. The van der Waals surface area contributed by atoms with E-state index in [4.69, 9.17) is 16.3 Å². The summed E-state index contributed by atoms with van der Waals surface area (Å²) in [7, 11) is 1.58. The maximum absolute atomic E-state index is 14.3. The molecular weight excluding hydrogens is 603 g/mol. The second-order valence-corrected chi connectivity index (χ2v) is 12.3. The molecule has 41 heavy (non-hydrogen) atoms. The number of nitrogens with zero attached hydrogens (tertiary/aromatic N) is 1. The van der Waals surface area contributed by atoms with Gasteiger partial charge in [0.15, 0.2) is 23.3 Å². The third-order valence-electron chi connectivity index (χ3n) is 6.71. The van der Waals surface area contributed by atoms with Crippen LogP contribution in [-0.4, -0.2) is 34.9 Å². The van der Waals surface area contributed by atoms with Gasteiger partial charge in [-0.25, -0.2) is 22.0 Å².